The van der Waals surface area contributed by atoms with Gasteiger partial charge in [0.1, 0.15) is 0 Å². The molecule has 2 fully saturated rings. The normalized spacial score (nSPS) is 25.3. The molecule has 3 heteroatoms. The van der Waals surface area contributed by atoms with Crippen molar-refractivity contribution in [1.29, 1.82) is 0 Å². The molecule has 1 atom stereocenters. The van der Waals surface area contributed by atoms with Gasteiger partial charge in [-0.05, 0) is 50.4 Å². The van der Waals surface area contributed by atoms with Crippen LogP contribution in [-0.4, -0.2) is 35.6 Å². The summed E-state index contributed by atoms with van der Waals surface area (Å²) in [6.45, 7) is 4.69. The van der Waals surface area contributed by atoms with Gasteiger partial charge in [-0.2, -0.15) is 0 Å². The van der Waals surface area contributed by atoms with Gasteiger partial charge in [-0.1, -0.05) is 6.07 Å². The number of likely N-dealkylation sites (tertiary alicyclic amines) is 1. The zero-order chi connectivity index (χ0) is 11.5. The highest BCUT2D eigenvalue weighted by molar-refractivity contribution is 5.03. The quantitative estimate of drug-likeness (QED) is 0.835. The second kappa shape index (κ2) is 5.15. The van der Waals surface area contributed by atoms with Crippen LogP contribution in [0, 0.1) is 5.92 Å². The number of hydrogen-bond acceptors (Lipinski definition) is 3. The molecule has 1 unspecified atom stereocenters. The Morgan fingerprint density at radius 2 is 2.24 bits per heavy atom. The summed E-state index contributed by atoms with van der Waals surface area (Å²) in [5.74, 6) is 0.847. The molecule has 0 spiro atoms. The molecule has 1 saturated carbocycles. The SMILES string of the molecule is c1ccc(CN2CCC(CNC3CC3)C2)nc1. The van der Waals surface area contributed by atoms with Gasteiger partial charge in [-0.15, -0.1) is 0 Å². The van der Waals surface area contributed by atoms with E-state index in [1.165, 1.54) is 44.6 Å². The van der Waals surface area contributed by atoms with E-state index in [0.717, 1.165) is 18.5 Å². The third-order valence-electron chi connectivity index (χ3n) is 3.75. The van der Waals surface area contributed by atoms with Crippen LogP contribution in [0.1, 0.15) is 25.0 Å². The lowest BCUT2D eigenvalue weighted by molar-refractivity contribution is 0.310. The van der Waals surface area contributed by atoms with E-state index in [-0.39, 0.29) is 0 Å². The van der Waals surface area contributed by atoms with Crippen LogP contribution in [0.25, 0.3) is 0 Å². The van der Waals surface area contributed by atoms with Crippen molar-refractivity contribution >= 4 is 0 Å². The second-order valence-corrected chi connectivity index (χ2v) is 5.39. The second-order valence-electron chi connectivity index (χ2n) is 5.39. The van der Waals surface area contributed by atoms with Gasteiger partial charge in [0, 0.05) is 25.3 Å². The van der Waals surface area contributed by atoms with E-state index in [0.29, 0.717) is 0 Å². The first-order valence-electron chi connectivity index (χ1n) is 6.76. The van der Waals surface area contributed by atoms with E-state index < -0.39 is 0 Å². The fourth-order valence-corrected chi connectivity index (χ4v) is 2.56. The molecule has 1 aromatic rings. The molecule has 0 radical (unpaired) electrons. The number of nitrogens with zero attached hydrogens (tertiary/aromatic N) is 2. The van der Waals surface area contributed by atoms with Crippen LogP contribution >= 0.6 is 0 Å². The van der Waals surface area contributed by atoms with Gasteiger partial charge in [-0.3, -0.25) is 9.88 Å². The Morgan fingerprint density at radius 3 is 3.00 bits per heavy atom. The van der Waals surface area contributed by atoms with Gasteiger partial charge in [-0.25, -0.2) is 0 Å². The summed E-state index contributed by atoms with van der Waals surface area (Å²) in [6, 6.07) is 7.02. The van der Waals surface area contributed by atoms with Crippen LogP contribution in [0.3, 0.4) is 0 Å². The van der Waals surface area contributed by atoms with E-state index in [1.807, 2.05) is 12.3 Å². The highest BCUT2D eigenvalue weighted by atomic mass is 15.2. The summed E-state index contributed by atoms with van der Waals surface area (Å²) in [4.78, 5) is 6.92. The first-order valence-corrected chi connectivity index (χ1v) is 6.76. The molecule has 0 amide bonds. The van der Waals surface area contributed by atoms with Gasteiger partial charge in [0.05, 0.1) is 5.69 Å². The Kier molecular flexibility index (Phi) is 3.39. The molecule has 1 saturated heterocycles. The standard InChI is InChI=1S/C14H21N3/c1-2-7-15-14(3-1)11-17-8-6-12(10-17)9-16-13-4-5-13/h1-3,7,12-13,16H,4-6,8-11H2. The van der Waals surface area contributed by atoms with E-state index >= 15 is 0 Å². The zero-order valence-corrected chi connectivity index (χ0v) is 10.3. The lowest BCUT2D eigenvalue weighted by Gasteiger charge is -2.15. The van der Waals surface area contributed by atoms with Crippen molar-refractivity contribution in [1.82, 2.24) is 15.2 Å². The predicted molar refractivity (Wildman–Crippen MR) is 68.6 cm³/mol. The van der Waals surface area contributed by atoms with E-state index in [1.54, 1.807) is 0 Å². The maximum atomic E-state index is 4.39. The average Bonchev–Trinajstić information content (AvgIpc) is 3.09. The molecule has 3 rings (SSSR count). The third kappa shape index (κ3) is 3.27. The summed E-state index contributed by atoms with van der Waals surface area (Å²) in [5, 5.41) is 3.64. The fraction of sp³-hybridized carbons (Fsp3) is 0.643. The minimum absolute atomic E-state index is 0.847. The van der Waals surface area contributed by atoms with Crippen molar-refractivity contribution in [2.75, 3.05) is 19.6 Å². The fourth-order valence-electron chi connectivity index (χ4n) is 2.56. The van der Waals surface area contributed by atoms with Crippen LogP contribution in [0.15, 0.2) is 24.4 Å². The van der Waals surface area contributed by atoms with Crippen LogP contribution in [0.2, 0.25) is 0 Å². The summed E-state index contributed by atoms with van der Waals surface area (Å²) >= 11 is 0. The molecule has 92 valence electrons. The molecule has 1 aliphatic heterocycles. The molecular formula is C14H21N3. The van der Waals surface area contributed by atoms with Gasteiger partial charge < -0.3 is 5.32 Å². The minimum atomic E-state index is 0.847. The van der Waals surface area contributed by atoms with Crippen molar-refractivity contribution < 1.29 is 0 Å². The first kappa shape index (κ1) is 11.2. The topological polar surface area (TPSA) is 28.2 Å². The highest BCUT2D eigenvalue weighted by Crippen LogP contribution is 2.21. The Hall–Kier alpha value is -0.930. The smallest absolute Gasteiger partial charge is 0.0543 e. The van der Waals surface area contributed by atoms with Gasteiger partial charge in [0.2, 0.25) is 0 Å². The molecule has 17 heavy (non-hydrogen) atoms. The monoisotopic (exact) mass is 231 g/mol. The molecule has 1 aromatic heterocycles. The molecule has 1 N–H and O–H groups in total. The average molecular weight is 231 g/mol. The summed E-state index contributed by atoms with van der Waals surface area (Å²) in [6.07, 6.45) is 6.01. The highest BCUT2D eigenvalue weighted by Gasteiger charge is 2.26. The van der Waals surface area contributed by atoms with Gasteiger partial charge in [0.15, 0.2) is 0 Å². The lowest BCUT2D eigenvalue weighted by Crippen LogP contribution is -2.27. The molecule has 0 bridgehead atoms. The molecule has 3 nitrogen and oxygen atoms in total. The lowest BCUT2D eigenvalue weighted by atomic mass is 10.1. The van der Waals surface area contributed by atoms with Crippen molar-refractivity contribution in [3.63, 3.8) is 0 Å². The van der Waals surface area contributed by atoms with E-state index in [4.69, 9.17) is 0 Å². The number of pyridine rings is 1. The van der Waals surface area contributed by atoms with Crippen molar-refractivity contribution in [3.05, 3.63) is 30.1 Å². The number of rotatable bonds is 5. The number of hydrogen-bond donors (Lipinski definition) is 1. The maximum absolute atomic E-state index is 4.39. The third-order valence-corrected chi connectivity index (χ3v) is 3.75. The van der Waals surface area contributed by atoms with Gasteiger partial charge >= 0.3 is 0 Å². The zero-order valence-electron chi connectivity index (χ0n) is 10.3. The molecule has 1 aliphatic carbocycles. The maximum Gasteiger partial charge on any atom is 0.0543 e. The molecule has 2 heterocycles. The first-order chi connectivity index (χ1) is 8.40. The van der Waals surface area contributed by atoms with E-state index in [9.17, 15) is 0 Å². The van der Waals surface area contributed by atoms with Crippen molar-refractivity contribution in [2.24, 2.45) is 5.92 Å². The molecular weight excluding hydrogens is 210 g/mol. The van der Waals surface area contributed by atoms with Crippen molar-refractivity contribution in [2.45, 2.75) is 31.8 Å². The number of nitrogens with one attached hydrogen (secondary N) is 1. The van der Waals surface area contributed by atoms with Crippen LogP contribution < -0.4 is 5.32 Å². The predicted octanol–water partition coefficient (Wildman–Crippen LogP) is 1.66. The minimum Gasteiger partial charge on any atom is -0.314 e. The molecule has 2 aliphatic rings. The molecule has 0 aromatic carbocycles. The Balaban J connectivity index is 1.43. The van der Waals surface area contributed by atoms with Crippen LogP contribution in [0.5, 0.6) is 0 Å². The summed E-state index contributed by atoms with van der Waals surface area (Å²) < 4.78 is 0. The largest absolute Gasteiger partial charge is 0.314 e. The van der Waals surface area contributed by atoms with Gasteiger partial charge in [0.25, 0.3) is 0 Å². The van der Waals surface area contributed by atoms with E-state index in [2.05, 4.69) is 27.3 Å². The van der Waals surface area contributed by atoms with Crippen LogP contribution in [0.4, 0.5) is 0 Å². The number of aromatic nitrogens is 1. The Labute approximate surface area is 103 Å². The van der Waals surface area contributed by atoms with Crippen LogP contribution in [-0.2, 0) is 6.54 Å². The summed E-state index contributed by atoms with van der Waals surface area (Å²) in [7, 11) is 0. The Morgan fingerprint density at radius 1 is 1.29 bits per heavy atom. The Bertz CT molecular complexity index is 348. The summed E-state index contributed by atoms with van der Waals surface area (Å²) in [5.41, 5.74) is 1.20. The van der Waals surface area contributed by atoms with Crippen molar-refractivity contribution in [3.8, 4) is 0 Å².